The van der Waals surface area contributed by atoms with Crippen LogP contribution in [0, 0.1) is 0 Å². The molecule has 16 heavy (non-hydrogen) atoms. The Morgan fingerprint density at radius 2 is 2.38 bits per heavy atom. The van der Waals surface area contributed by atoms with Crippen molar-refractivity contribution in [3.05, 3.63) is 16.3 Å². The van der Waals surface area contributed by atoms with Gasteiger partial charge < -0.3 is 15.4 Å². The number of nitrogens with one attached hydrogen (secondary N) is 2. The molecule has 0 fully saturated rings. The minimum atomic E-state index is -0.0287. The summed E-state index contributed by atoms with van der Waals surface area (Å²) >= 11 is 1.65. The second kappa shape index (κ2) is 7.38. The zero-order valence-corrected chi connectivity index (χ0v) is 10.5. The summed E-state index contributed by atoms with van der Waals surface area (Å²) in [6.45, 7) is 4.01. The van der Waals surface area contributed by atoms with Crippen molar-refractivity contribution in [3.8, 4) is 0 Å². The van der Waals surface area contributed by atoms with Gasteiger partial charge in [-0.25, -0.2) is 0 Å². The fourth-order valence-corrected chi connectivity index (χ4v) is 2.12. The molecule has 0 atom stereocenters. The minimum Gasteiger partial charge on any atom is -0.385 e. The van der Waals surface area contributed by atoms with Crippen LogP contribution < -0.4 is 10.6 Å². The highest BCUT2D eigenvalue weighted by molar-refractivity contribution is 7.10. The largest absolute Gasteiger partial charge is 0.385 e. The summed E-state index contributed by atoms with van der Waals surface area (Å²) in [7, 11) is 1.70. The smallest absolute Gasteiger partial charge is 0.221 e. The molecule has 0 bridgehead atoms. The molecule has 0 aliphatic rings. The molecule has 1 rings (SSSR count). The van der Waals surface area contributed by atoms with Gasteiger partial charge in [-0.15, -0.1) is 11.3 Å². The second-order valence-electron chi connectivity index (χ2n) is 3.46. The van der Waals surface area contributed by atoms with Crippen LogP contribution in [0.4, 0.5) is 5.69 Å². The third-order valence-electron chi connectivity index (χ3n) is 2.04. The van der Waals surface area contributed by atoms with E-state index in [1.165, 1.54) is 6.92 Å². The third kappa shape index (κ3) is 4.74. The van der Waals surface area contributed by atoms with Gasteiger partial charge in [-0.3, -0.25) is 4.79 Å². The maximum Gasteiger partial charge on any atom is 0.221 e. The van der Waals surface area contributed by atoms with Gasteiger partial charge in [-0.05, 0) is 24.4 Å². The van der Waals surface area contributed by atoms with Gasteiger partial charge in [0.1, 0.15) is 0 Å². The predicted molar refractivity (Wildman–Crippen MR) is 66.8 cm³/mol. The summed E-state index contributed by atoms with van der Waals surface area (Å²) in [6, 6.07) is 1.93. The van der Waals surface area contributed by atoms with Crippen LogP contribution in [-0.4, -0.2) is 26.2 Å². The third-order valence-corrected chi connectivity index (χ3v) is 2.96. The molecule has 0 radical (unpaired) electrons. The fraction of sp³-hybridized carbons (Fsp3) is 0.545. The minimum absolute atomic E-state index is 0.0287. The highest BCUT2D eigenvalue weighted by Gasteiger charge is 2.04. The van der Waals surface area contributed by atoms with E-state index in [0.29, 0.717) is 0 Å². The number of thiophene rings is 1. The standard InChI is InChI=1S/C11H18N2O2S/c1-9(14)13-10-4-7-16-11(10)8-12-5-3-6-15-2/h4,7,12H,3,5-6,8H2,1-2H3,(H,13,14). The van der Waals surface area contributed by atoms with Gasteiger partial charge in [-0.1, -0.05) is 0 Å². The van der Waals surface area contributed by atoms with Crippen molar-refractivity contribution in [3.63, 3.8) is 0 Å². The van der Waals surface area contributed by atoms with E-state index >= 15 is 0 Å². The number of ether oxygens (including phenoxy) is 1. The molecule has 1 aromatic heterocycles. The summed E-state index contributed by atoms with van der Waals surface area (Å²) < 4.78 is 4.96. The van der Waals surface area contributed by atoms with E-state index in [1.54, 1.807) is 18.4 Å². The van der Waals surface area contributed by atoms with Gasteiger partial charge in [0, 0.05) is 32.1 Å². The SMILES string of the molecule is COCCCNCc1sccc1NC(C)=O. The van der Waals surface area contributed by atoms with Gasteiger partial charge in [0.15, 0.2) is 0 Å². The Labute approximate surface area is 100 Å². The average molecular weight is 242 g/mol. The molecule has 0 saturated carbocycles. The monoisotopic (exact) mass is 242 g/mol. The molecule has 0 aliphatic heterocycles. The summed E-state index contributed by atoms with van der Waals surface area (Å²) in [6.07, 6.45) is 0.997. The molecule has 2 N–H and O–H groups in total. The Bertz CT molecular complexity index is 326. The lowest BCUT2D eigenvalue weighted by atomic mass is 10.3. The van der Waals surface area contributed by atoms with Crippen molar-refractivity contribution >= 4 is 22.9 Å². The molecule has 0 aliphatic carbocycles. The molecular formula is C11H18N2O2S. The van der Waals surface area contributed by atoms with E-state index in [2.05, 4.69) is 10.6 Å². The number of hydrogen-bond donors (Lipinski definition) is 2. The van der Waals surface area contributed by atoms with Crippen LogP contribution >= 0.6 is 11.3 Å². The molecule has 5 heteroatoms. The molecule has 0 aromatic carbocycles. The first-order valence-corrected chi connectivity index (χ1v) is 6.15. The summed E-state index contributed by atoms with van der Waals surface area (Å²) in [4.78, 5) is 12.1. The molecule has 0 saturated heterocycles. The molecule has 4 nitrogen and oxygen atoms in total. The maximum atomic E-state index is 10.9. The number of rotatable bonds is 7. The molecule has 90 valence electrons. The summed E-state index contributed by atoms with van der Waals surface area (Å²) in [5.41, 5.74) is 0.914. The maximum absolute atomic E-state index is 10.9. The van der Waals surface area contributed by atoms with Crippen LogP contribution in [0.15, 0.2) is 11.4 Å². The predicted octanol–water partition coefficient (Wildman–Crippen LogP) is 1.83. The van der Waals surface area contributed by atoms with Crippen LogP contribution in [0.25, 0.3) is 0 Å². The Balaban J connectivity index is 2.30. The number of carbonyl (C=O) groups is 1. The second-order valence-corrected chi connectivity index (χ2v) is 4.46. The van der Waals surface area contributed by atoms with Gasteiger partial charge in [0.2, 0.25) is 5.91 Å². The highest BCUT2D eigenvalue weighted by atomic mass is 32.1. The molecule has 1 amide bonds. The van der Waals surface area contributed by atoms with E-state index in [1.807, 2.05) is 11.4 Å². The van der Waals surface area contributed by atoms with Crippen molar-refractivity contribution in [2.45, 2.75) is 19.9 Å². The number of anilines is 1. The van der Waals surface area contributed by atoms with E-state index in [4.69, 9.17) is 4.74 Å². The Morgan fingerprint density at radius 1 is 1.56 bits per heavy atom. The Hall–Kier alpha value is -0.910. The lowest BCUT2D eigenvalue weighted by molar-refractivity contribution is -0.114. The first-order chi connectivity index (χ1) is 7.74. The highest BCUT2D eigenvalue weighted by Crippen LogP contribution is 2.21. The van der Waals surface area contributed by atoms with Crippen molar-refractivity contribution in [1.29, 1.82) is 0 Å². The first kappa shape index (κ1) is 13.2. The molecule has 0 spiro atoms. The van der Waals surface area contributed by atoms with Crippen LogP contribution in [0.5, 0.6) is 0 Å². The first-order valence-electron chi connectivity index (χ1n) is 5.27. The number of amides is 1. The lowest BCUT2D eigenvalue weighted by Gasteiger charge is -2.06. The zero-order chi connectivity index (χ0) is 11.8. The van der Waals surface area contributed by atoms with Gasteiger partial charge in [0.25, 0.3) is 0 Å². The van der Waals surface area contributed by atoms with E-state index in [0.717, 1.165) is 36.7 Å². The molecule has 1 aromatic rings. The quantitative estimate of drug-likeness (QED) is 0.717. The number of hydrogen-bond acceptors (Lipinski definition) is 4. The normalized spacial score (nSPS) is 10.4. The molecular weight excluding hydrogens is 224 g/mol. The van der Waals surface area contributed by atoms with Crippen molar-refractivity contribution in [2.24, 2.45) is 0 Å². The number of methoxy groups -OCH3 is 1. The topological polar surface area (TPSA) is 50.4 Å². The summed E-state index contributed by atoms with van der Waals surface area (Å²) in [5, 5.41) is 8.11. The van der Waals surface area contributed by atoms with E-state index in [9.17, 15) is 4.79 Å². The van der Waals surface area contributed by atoms with Crippen molar-refractivity contribution in [1.82, 2.24) is 5.32 Å². The van der Waals surface area contributed by atoms with Crippen molar-refractivity contribution in [2.75, 3.05) is 25.6 Å². The van der Waals surface area contributed by atoms with E-state index < -0.39 is 0 Å². The van der Waals surface area contributed by atoms with Gasteiger partial charge in [0.05, 0.1) is 5.69 Å². The van der Waals surface area contributed by atoms with Gasteiger partial charge in [-0.2, -0.15) is 0 Å². The van der Waals surface area contributed by atoms with Crippen LogP contribution in [0.2, 0.25) is 0 Å². The average Bonchev–Trinajstić information content (AvgIpc) is 2.64. The number of carbonyl (C=O) groups excluding carboxylic acids is 1. The van der Waals surface area contributed by atoms with Crippen LogP contribution in [0.1, 0.15) is 18.2 Å². The molecule has 1 heterocycles. The summed E-state index contributed by atoms with van der Waals surface area (Å²) in [5.74, 6) is -0.0287. The van der Waals surface area contributed by atoms with E-state index in [-0.39, 0.29) is 5.91 Å². The van der Waals surface area contributed by atoms with Gasteiger partial charge >= 0.3 is 0 Å². The Kier molecular flexibility index (Phi) is 6.07. The van der Waals surface area contributed by atoms with Crippen molar-refractivity contribution < 1.29 is 9.53 Å². The van der Waals surface area contributed by atoms with Crippen LogP contribution in [-0.2, 0) is 16.1 Å². The molecule has 0 unspecified atom stereocenters. The Morgan fingerprint density at radius 3 is 3.06 bits per heavy atom. The fourth-order valence-electron chi connectivity index (χ4n) is 1.32. The van der Waals surface area contributed by atoms with Crippen LogP contribution in [0.3, 0.4) is 0 Å². The zero-order valence-electron chi connectivity index (χ0n) is 9.71. The lowest BCUT2D eigenvalue weighted by Crippen LogP contribution is -2.16.